The van der Waals surface area contributed by atoms with Gasteiger partial charge in [0.15, 0.2) is 5.69 Å². The number of hydrogen-bond acceptors (Lipinski definition) is 6. The number of benzene rings is 1. The highest BCUT2D eigenvalue weighted by molar-refractivity contribution is 6.34. The molecule has 0 atom stereocenters. The Bertz CT molecular complexity index is 797. The summed E-state index contributed by atoms with van der Waals surface area (Å²) in [5, 5.41) is 6.81. The highest BCUT2D eigenvalue weighted by atomic mass is 35.5. The molecule has 1 aromatic carbocycles. The molecule has 1 aromatic heterocycles. The van der Waals surface area contributed by atoms with Crippen molar-refractivity contribution in [3.8, 4) is 0 Å². The predicted molar refractivity (Wildman–Crippen MR) is 90.0 cm³/mol. The number of methoxy groups -OCH3 is 2. The SMILES string of the molecule is CCn1cc(Cl)c(C(=O)Nc2cc(C(=O)OC)cc(C(=O)OC)c2)n1. The van der Waals surface area contributed by atoms with Crippen LogP contribution >= 0.6 is 11.6 Å². The summed E-state index contributed by atoms with van der Waals surface area (Å²) in [7, 11) is 2.42. The van der Waals surface area contributed by atoms with Gasteiger partial charge in [0.25, 0.3) is 5.91 Å². The summed E-state index contributed by atoms with van der Waals surface area (Å²) in [6.07, 6.45) is 1.53. The maximum atomic E-state index is 12.4. The molecule has 9 heteroatoms. The molecule has 1 N–H and O–H groups in total. The van der Waals surface area contributed by atoms with Crippen molar-refractivity contribution in [3.05, 3.63) is 46.2 Å². The molecular formula is C16H16ClN3O5. The first-order valence-corrected chi connectivity index (χ1v) is 7.63. The minimum atomic E-state index is -0.658. The third kappa shape index (κ3) is 4.16. The fourth-order valence-corrected chi connectivity index (χ4v) is 2.31. The van der Waals surface area contributed by atoms with E-state index in [1.165, 1.54) is 43.3 Å². The van der Waals surface area contributed by atoms with Crippen molar-refractivity contribution in [1.29, 1.82) is 0 Å². The normalized spacial score (nSPS) is 10.2. The number of amides is 1. The third-order valence-electron chi connectivity index (χ3n) is 3.29. The molecule has 1 amide bonds. The van der Waals surface area contributed by atoms with Crippen molar-refractivity contribution < 1.29 is 23.9 Å². The first-order chi connectivity index (χ1) is 11.9. The molecule has 8 nitrogen and oxygen atoms in total. The number of nitrogens with one attached hydrogen (secondary N) is 1. The second-order valence-electron chi connectivity index (χ2n) is 4.92. The molecule has 0 bridgehead atoms. The van der Waals surface area contributed by atoms with E-state index >= 15 is 0 Å². The molecule has 0 aliphatic carbocycles. The molecule has 2 aromatic rings. The lowest BCUT2D eigenvalue weighted by molar-refractivity contribution is 0.0599. The molecule has 132 valence electrons. The summed E-state index contributed by atoms with van der Waals surface area (Å²) < 4.78 is 10.8. The monoisotopic (exact) mass is 365 g/mol. The number of hydrogen-bond donors (Lipinski definition) is 1. The first-order valence-electron chi connectivity index (χ1n) is 7.25. The number of ether oxygens (including phenoxy) is 2. The van der Waals surface area contributed by atoms with Gasteiger partial charge in [-0.3, -0.25) is 9.48 Å². The second-order valence-corrected chi connectivity index (χ2v) is 5.32. The Kier molecular flexibility index (Phi) is 5.76. The summed E-state index contributed by atoms with van der Waals surface area (Å²) >= 11 is 6.00. The van der Waals surface area contributed by atoms with Crippen molar-refractivity contribution in [1.82, 2.24) is 9.78 Å². The third-order valence-corrected chi connectivity index (χ3v) is 3.57. The number of halogens is 1. The molecule has 0 aliphatic heterocycles. The minimum Gasteiger partial charge on any atom is -0.465 e. The van der Waals surface area contributed by atoms with E-state index in [2.05, 4.69) is 19.9 Å². The highest BCUT2D eigenvalue weighted by Gasteiger charge is 2.18. The van der Waals surface area contributed by atoms with Crippen LogP contribution < -0.4 is 5.32 Å². The Balaban J connectivity index is 2.36. The largest absolute Gasteiger partial charge is 0.465 e. The summed E-state index contributed by atoms with van der Waals surface area (Å²) in [5.74, 6) is -1.89. The van der Waals surface area contributed by atoms with Crippen LogP contribution in [0.5, 0.6) is 0 Å². The van der Waals surface area contributed by atoms with Gasteiger partial charge in [-0.2, -0.15) is 5.10 Å². The van der Waals surface area contributed by atoms with E-state index in [1.54, 1.807) is 0 Å². The van der Waals surface area contributed by atoms with Crippen molar-refractivity contribution >= 4 is 35.1 Å². The van der Waals surface area contributed by atoms with Crippen LogP contribution in [-0.2, 0) is 16.0 Å². The van der Waals surface area contributed by atoms with Crippen molar-refractivity contribution in [2.75, 3.05) is 19.5 Å². The van der Waals surface area contributed by atoms with Gasteiger partial charge in [0.1, 0.15) is 0 Å². The summed E-state index contributed by atoms with van der Waals surface area (Å²) in [4.78, 5) is 35.9. The second kappa shape index (κ2) is 7.80. The van der Waals surface area contributed by atoms with Gasteiger partial charge in [0.2, 0.25) is 0 Å². The Morgan fingerprint density at radius 3 is 2.12 bits per heavy atom. The summed E-state index contributed by atoms with van der Waals surface area (Å²) in [5.41, 5.74) is 0.416. The molecule has 0 fully saturated rings. The number of aryl methyl sites for hydroxylation is 1. The van der Waals surface area contributed by atoms with E-state index in [-0.39, 0.29) is 27.5 Å². The van der Waals surface area contributed by atoms with Crippen LogP contribution in [0.1, 0.15) is 38.1 Å². The van der Waals surface area contributed by atoms with E-state index in [1.807, 2.05) is 6.92 Å². The van der Waals surface area contributed by atoms with Gasteiger partial charge < -0.3 is 14.8 Å². The van der Waals surface area contributed by atoms with Gasteiger partial charge in [-0.1, -0.05) is 11.6 Å². The Hall–Kier alpha value is -2.87. The van der Waals surface area contributed by atoms with Crippen molar-refractivity contribution in [2.24, 2.45) is 0 Å². The zero-order valence-electron chi connectivity index (χ0n) is 13.8. The number of nitrogens with zero attached hydrogens (tertiary/aromatic N) is 2. The number of carbonyl (C=O) groups excluding carboxylic acids is 3. The van der Waals surface area contributed by atoms with Gasteiger partial charge in [-0.05, 0) is 25.1 Å². The van der Waals surface area contributed by atoms with Crippen LogP contribution in [0.15, 0.2) is 24.4 Å². The molecule has 1 heterocycles. The van der Waals surface area contributed by atoms with E-state index in [0.29, 0.717) is 6.54 Å². The maximum absolute atomic E-state index is 12.4. The fourth-order valence-electron chi connectivity index (χ4n) is 2.07. The van der Waals surface area contributed by atoms with Crippen LogP contribution in [0.25, 0.3) is 0 Å². The smallest absolute Gasteiger partial charge is 0.337 e. The minimum absolute atomic E-state index is 0.0339. The lowest BCUT2D eigenvalue weighted by Crippen LogP contribution is -2.15. The predicted octanol–water partition coefficient (Wildman–Crippen LogP) is 2.38. The highest BCUT2D eigenvalue weighted by Crippen LogP contribution is 2.20. The van der Waals surface area contributed by atoms with E-state index in [9.17, 15) is 14.4 Å². The first kappa shape index (κ1) is 18.5. The van der Waals surface area contributed by atoms with Gasteiger partial charge in [0.05, 0.1) is 30.4 Å². The van der Waals surface area contributed by atoms with Crippen LogP contribution in [0, 0.1) is 0 Å². The molecule has 2 rings (SSSR count). The zero-order valence-corrected chi connectivity index (χ0v) is 14.6. The lowest BCUT2D eigenvalue weighted by Gasteiger charge is -2.09. The quantitative estimate of drug-likeness (QED) is 0.816. The Morgan fingerprint density at radius 2 is 1.68 bits per heavy atom. The number of carbonyl (C=O) groups is 3. The molecule has 0 radical (unpaired) electrons. The van der Waals surface area contributed by atoms with E-state index < -0.39 is 17.8 Å². The van der Waals surface area contributed by atoms with E-state index in [4.69, 9.17) is 11.6 Å². The Labute approximate surface area is 148 Å². The van der Waals surface area contributed by atoms with Gasteiger partial charge >= 0.3 is 11.9 Å². The number of rotatable bonds is 5. The topological polar surface area (TPSA) is 99.5 Å². The molecule has 0 spiro atoms. The average molecular weight is 366 g/mol. The Morgan fingerprint density at radius 1 is 1.12 bits per heavy atom. The number of aromatic nitrogens is 2. The van der Waals surface area contributed by atoms with Crippen LogP contribution in [0.2, 0.25) is 5.02 Å². The van der Waals surface area contributed by atoms with Gasteiger partial charge in [0, 0.05) is 18.4 Å². The van der Waals surface area contributed by atoms with Crippen molar-refractivity contribution in [2.45, 2.75) is 13.5 Å². The summed E-state index contributed by atoms with van der Waals surface area (Å²) in [6.45, 7) is 2.41. The molecular weight excluding hydrogens is 350 g/mol. The number of esters is 2. The maximum Gasteiger partial charge on any atom is 0.337 e. The fraction of sp³-hybridized carbons (Fsp3) is 0.250. The van der Waals surface area contributed by atoms with Gasteiger partial charge in [-0.15, -0.1) is 0 Å². The van der Waals surface area contributed by atoms with E-state index in [0.717, 1.165) is 0 Å². The molecule has 0 aliphatic rings. The standard InChI is InChI=1S/C16H16ClN3O5/c1-4-20-8-12(17)13(19-20)14(21)18-11-6-9(15(22)24-2)5-10(7-11)16(23)25-3/h5-8H,4H2,1-3H3,(H,18,21). The van der Waals surface area contributed by atoms with Crippen LogP contribution in [0.3, 0.4) is 0 Å². The van der Waals surface area contributed by atoms with Crippen LogP contribution in [0.4, 0.5) is 5.69 Å². The van der Waals surface area contributed by atoms with Crippen LogP contribution in [-0.4, -0.2) is 41.8 Å². The number of anilines is 1. The summed E-state index contributed by atoms with van der Waals surface area (Å²) in [6, 6.07) is 4.06. The van der Waals surface area contributed by atoms with Gasteiger partial charge in [-0.25, -0.2) is 9.59 Å². The molecule has 0 unspecified atom stereocenters. The lowest BCUT2D eigenvalue weighted by atomic mass is 10.1. The zero-order chi connectivity index (χ0) is 18.6. The average Bonchev–Trinajstić information content (AvgIpc) is 3.01. The molecule has 25 heavy (non-hydrogen) atoms. The molecule has 0 saturated heterocycles. The van der Waals surface area contributed by atoms with Crippen molar-refractivity contribution in [3.63, 3.8) is 0 Å². The molecule has 0 saturated carbocycles.